The molecular weight excluding hydrogens is 291 g/mol. The zero-order valence-electron chi connectivity index (χ0n) is 13.9. The van der Waals surface area contributed by atoms with Gasteiger partial charge in [-0.05, 0) is 43.2 Å². The molecule has 0 amide bonds. The number of benzene rings is 1. The molecule has 0 aliphatic rings. The van der Waals surface area contributed by atoms with Crippen molar-refractivity contribution < 1.29 is 4.39 Å². The maximum absolute atomic E-state index is 13.3. The number of aliphatic imine (C=N–C) groups is 1. The first-order chi connectivity index (χ1) is 11.1. The predicted octanol–water partition coefficient (Wildman–Crippen LogP) is 3.13. The second kappa shape index (κ2) is 8.27. The number of aryl methyl sites for hydroxylation is 1. The fraction of sp³-hybridized carbons (Fsp3) is 0.333. The SMILES string of the molecule is CCNC(=NCc1ncccc1C)N(C)Cc1cccc(F)c1. The van der Waals surface area contributed by atoms with Gasteiger partial charge >= 0.3 is 0 Å². The molecular formula is C18H23FN4. The van der Waals surface area contributed by atoms with Crippen molar-refractivity contribution >= 4 is 5.96 Å². The molecule has 0 aliphatic carbocycles. The van der Waals surface area contributed by atoms with E-state index >= 15 is 0 Å². The molecule has 0 spiro atoms. The Bertz CT molecular complexity index is 670. The maximum Gasteiger partial charge on any atom is 0.194 e. The van der Waals surface area contributed by atoms with Crippen LogP contribution in [-0.4, -0.2) is 29.4 Å². The number of hydrogen-bond acceptors (Lipinski definition) is 2. The third-order valence-electron chi connectivity index (χ3n) is 3.50. The number of pyridine rings is 1. The molecule has 23 heavy (non-hydrogen) atoms. The van der Waals surface area contributed by atoms with Crippen molar-refractivity contribution in [3.63, 3.8) is 0 Å². The third-order valence-corrected chi connectivity index (χ3v) is 3.50. The summed E-state index contributed by atoms with van der Waals surface area (Å²) in [6, 6.07) is 10.6. The topological polar surface area (TPSA) is 40.5 Å². The van der Waals surface area contributed by atoms with Gasteiger partial charge in [-0.15, -0.1) is 0 Å². The Kier molecular flexibility index (Phi) is 6.09. The predicted molar refractivity (Wildman–Crippen MR) is 91.7 cm³/mol. The zero-order valence-corrected chi connectivity index (χ0v) is 13.9. The third kappa shape index (κ3) is 5.06. The lowest BCUT2D eigenvalue weighted by molar-refractivity contribution is 0.474. The Balaban J connectivity index is 2.10. The molecule has 0 bridgehead atoms. The smallest absolute Gasteiger partial charge is 0.194 e. The highest BCUT2D eigenvalue weighted by Crippen LogP contribution is 2.08. The van der Waals surface area contributed by atoms with Crippen LogP contribution in [0.1, 0.15) is 23.7 Å². The van der Waals surface area contributed by atoms with Gasteiger partial charge in [0.05, 0.1) is 12.2 Å². The van der Waals surface area contributed by atoms with Gasteiger partial charge in [0.15, 0.2) is 5.96 Å². The Morgan fingerprint density at radius 2 is 2.13 bits per heavy atom. The van der Waals surface area contributed by atoms with Gasteiger partial charge in [0.2, 0.25) is 0 Å². The van der Waals surface area contributed by atoms with Crippen LogP contribution in [0.4, 0.5) is 4.39 Å². The fourth-order valence-electron chi connectivity index (χ4n) is 2.29. The highest BCUT2D eigenvalue weighted by molar-refractivity contribution is 5.79. The lowest BCUT2D eigenvalue weighted by Gasteiger charge is -2.22. The van der Waals surface area contributed by atoms with Crippen molar-refractivity contribution in [2.24, 2.45) is 4.99 Å². The summed E-state index contributed by atoms with van der Waals surface area (Å²) in [6.45, 7) is 5.93. The lowest BCUT2D eigenvalue weighted by Crippen LogP contribution is -2.38. The van der Waals surface area contributed by atoms with Crippen molar-refractivity contribution in [3.8, 4) is 0 Å². The van der Waals surface area contributed by atoms with E-state index in [0.717, 1.165) is 29.3 Å². The van der Waals surface area contributed by atoms with Crippen LogP contribution in [0.25, 0.3) is 0 Å². The van der Waals surface area contributed by atoms with Crippen LogP contribution in [0.2, 0.25) is 0 Å². The summed E-state index contributed by atoms with van der Waals surface area (Å²) in [5.41, 5.74) is 2.99. The van der Waals surface area contributed by atoms with Crippen molar-refractivity contribution in [1.82, 2.24) is 15.2 Å². The number of halogens is 1. The van der Waals surface area contributed by atoms with Crippen LogP contribution in [0.15, 0.2) is 47.6 Å². The number of rotatable bonds is 5. The summed E-state index contributed by atoms with van der Waals surface area (Å²) in [4.78, 5) is 11.0. The van der Waals surface area contributed by atoms with E-state index in [0.29, 0.717) is 13.1 Å². The van der Waals surface area contributed by atoms with Crippen LogP contribution in [0.5, 0.6) is 0 Å². The monoisotopic (exact) mass is 314 g/mol. The first-order valence-electron chi connectivity index (χ1n) is 7.74. The summed E-state index contributed by atoms with van der Waals surface area (Å²) in [5.74, 6) is 0.559. The number of nitrogens with zero attached hydrogens (tertiary/aromatic N) is 3. The fourth-order valence-corrected chi connectivity index (χ4v) is 2.29. The van der Waals surface area contributed by atoms with Crippen LogP contribution in [0, 0.1) is 12.7 Å². The van der Waals surface area contributed by atoms with E-state index in [4.69, 9.17) is 0 Å². The molecule has 1 aromatic heterocycles. The van der Waals surface area contributed by atoms with Crippen molar-refractivity contribution in [1.29, 1.82) is 0 Å². The minimum Gasteiger partial charge on any atom is -0.357 e. The second-order valence-corrected chi connectivity index (χ2v) is 5.42. The van der Waals surface area contributed by atoms with Crippen molar-refractivity contribution in [2.75, 3.05) is 13.6 Å². The largest absolute Gasteiger partial charge is 0.357 e. The maximum atomic E-state index is 13.3. The molecule has 2 aromatic rings. The van der Waals surface area contributed by atoms with Gasteiger partial charge in [0.25, 0.3) is 0 Å². The molecule has 0 unspecified atom stereocenters. The number of guanidine groups is 1. The van der Waals surface area contributed by atoms with E-state index < -0.39 is 0 Å². The Labute approximate surface area is 137 Å². The molecule has 0 radical (unpaired) electrons. The van der Waals surface area contributed by atoms with Crippen LogP contribution in [0.3, 0.4) is 0 Å². The second-order valence-electron chi connectivity index (χ2n) is 5.42. The number of aromatic nitrogens is 1. The van der Waals surface area contributed by atoms with Gasteiger partial charge in [0, 0.05) is 26.3 Å². The van der Waals surface area contributed by atoms with Crippen LogP contribution < -0.4 is 5.32 Å². The first kappa shape index (κ1) is 16.9. The molecule has 4 nitrogen and oxygen atoms in total. The van der Waals surface area contributed by atoms with Crippen LogP contribution >= 0.6 is 0 Å². The van der Waals surface area contributed by atoms with E-state index in [2.05, 4.69) is 15.3 Å². The normalized spacial score (nSPS) is 11.4. The average molecular weight is 314 g/mol. The highest BCUT2D eigenvalue weighted by atomic mass is 19.1. The van der Waals surface area contributed by atoms with Crippen molar-refractivity contribution in [3.05, 3.63) is 65.2 Å². The van der Waals surface area contributed by atoms with Crippen LogP contribution in [-0.2, 0) is 13.1 Å². The molecule has 0 fully saturated rings. The molecule has 1 N–H and O–H groups in total. The molecule has 5 heteroatoms. The van der Waals surface area contributed by atoms with Gasteiger partial charge < -0.3 is 10.2 Å². The van der Waals surface area contributed by atoms with Gasteiger partial charge in [0.1, 0.15) is 5.82 Å². The summed E-state index contributed by atoms with van der Waals surface area (Å²) < 4.78 is 13.3. The molecule has 122 valence electrons. The van der Waals surface area contributed by atoms with E-state index in [-0.39, 0.29) is 5.82 Å². The zero-order chi connectivity index (χ0) is 16.7. The van der Waals surface area contributed by atoms with E-state index in [1.807, 2.05) is 44.0 Å². The molecule has 1 heterocycles. The summed E-state index contributed by atoms with van der Waals surface area (Å²) in [6.07, 6.45) is 1.78. The standard InChI is InChI=1S/C18H23FN4/c1-4-20-18(22-12-17-14(2)7-6-10-21-17)23(3)13-15-8-5-9-16(19)11-15/h5-11H,4,12-13H2,1-3H3,(H,20,22). The molecule has 0 saturated heterocycles. The number of nitrogens with one attached hydrogen (secondary N) is 1. The Morgan fingerprint density at radius 3 is 2.83 bits per heavy atom. The molecule has 0 atom stereocenters. The average Bonchev–Trinajstić information content (AvgIpc) is 2.52. The van der Waals surface area contributed by atoms with Gasteiger partial charge in [-0.25, -0.2) is 9.38 Å². The summed E-state index contributed by atoms with van der Waals surface area (Å²) in [5, 5.41) is 3.26. The van der Waals surface area contributed by atoms with Crippen molar-refractivity contribution in [2.45, 2.75) is 26.9 Å². The summed E-state index contributed by atoms with van der Waals surface area (Å²) in [7, 11) is 1.94. The Hall–Kier alpha value is -2.43. The minimum absolute atomic E-state index is 0.220. The van der Waals surface area contributed by atoms with E-state index in [1.54, 1.807) is 18.3 Å². The lowest BCUT2D eigenvalue weighted by atomic mass is 10.2. The van der Waals surface area contributed by atoms with E-state index in [9.17, 15) is 4.39 Å². The Morgan fingerprint density at radius 1 is 1.30 bits per heavy atom. The minimum atomic E-state index is -0.220. The molecule has 0 aliphatic heterocycles. The highest BCUT2D eigenvalue weighted by Gasteiger charge is 2.08. The molecule has 2 rings (SSSR count). The molecule has 0 saturated carbocycles. The molecule has 1 aromatic carbocycles. The first-order valence-corrected chi connectivity index (χ1v) is 7.74. The summed E-state index contributed by atoms with van der Waals surface area (Å²) >= 11 is 0. The number of hydrogen-bond donors (Lipinski definition) is 1. The van der Waals surface area contributed by atoms with Gasteiger partial charge in [-0.1, -0.05) is 18.2 Å². The van der Waals surface area contributed by atoms with Gasteiger partial charge in [-0.2, -0.15) is 0 Å². The quantitative estimate of drug-likeness (QED) is 0.681. The van der Waals surface area contributed by atoms with E-state index in [1.165, 1.54) is 6.07 Å². The van der Waals surface area contributed by atoms with Gasteiger partial charge in [-0.3, -0.25) is 4.98 Å².